The van der Waals surface area contributed by atoms with Crippen LogP contribution in [-0.2, 0) is 6.54 Å². The first kappa shape index (κ1) is 8.72. The van der Waals surface area contributed by atoms with E-state index in [1.54, 1.807) is 6.26 Å². The van der Waals surface area contributed by atoms with Gasteiger partial charge in [-0.05, 0) is 19.4 Å². The van der Waals surface area contributed by atoms with Gasteiger partial charge in [-0.1, -0.05) is 0 Å². The number of likely N-dealkylation sites (tertiary alicyclic amines) is 1. The average Bonchev–Trinajstić information content (AvgIpc) is 2.57. The highest BCUT2D eigenvalue weighted by Gasteiger charge is 2.17. The number of β-amino-alcohol motifs (C(OH)–C–C–N with tert-alkyl or cyclic N) is 1. The molecule has 1 fully saturated rings. The highest BCUT2D eigenvalue weighted by atomic mass is 16.3. The molecule has 1 aliphatic rings. The number of hydrogen-bond acceptors (Lipinski definition) is 4. The fraction of sp³-hybridized carbons (Fsp3) is 0.667. The lowest BCUT2D eigenvalue weighted by Gasteiger charge is -2.28. The van der Waals surface area contributed by atoms with Gasteiger partial charge in [-0.2, -0.15) is 0 Å². The topological polar surface area (TPSA) is 49.5 Å². The molecule has 1 saturated heterocycles. The quantitative estimate of drug-likeness (QED) is 0.729. The summed E-state index contributed by atoms with van der Waals surface area (Å²) in [6, 6.07) is 0. The van der Waals surface area contributed by atoms with Gasteiger partial charge in [0.05, 0.1) is 11.8 Å². The summed E-state index contributed by atoms with van der Waals surface area (Å²) in [5.41, 5.74) is 0.939. The minimum absolute atomic E-state index is 0.166. The van der Waals surface area contributed by atoms with Gasteiger partial charge in [0.15, 0.2) is 6.39 Å². The molecule has 0 aliphatic carbocycles. The number of nitrogens with zero attached hydrogens (tertiary/aromatic N) is 2. The number of rotatable bonds is 2. The predicted octanol–water partition coefficient (Wildman–Crippen LogP) is 0.631. The fourth-order valence-corrected chi connectivity index (χ4v) is 1.72. The second kappa shape index (κ2) is 3.89. The molecule has 2 heterocycles. The van der Waals surface area contributed by atoms with Crippen molar-refractivity contribution in [3.63, 3.8) is 0 Å². The zero-order chi connectivity index (χ0) is 9.10. The van der Waals surface area contributed by atoms with Crippen LogP contribution in [0.15, 0.2) is 17.1 Å². The van der Waals surface area contributed by atoms with Crippen LogP contribution in [-0.4, -0.2) is 34.2 Å². The molecule has 0 radical (unpaired) electrons. The van der Waals surface area contributed by atoms with E-state index in [0.29, 0.717) is 0 Å². The molecule has 0 bridgehead atoms. The Balaban J connectivity index is 1.87. The van der Waals surface area contributed by atoms with Crippen LogP contribution >= 0.6 is 0 Å². The molecule has 2 rings (SSSR count). The Bertz CT molecular complexity index is 248. The first-order valence-electron chi connectivity index (χ1n) is 4.62. The van der Waals surface area contributed by atoms with Crippen LogP contribution in [0.25, 0.3) is 0 Å². The maximum absolute atomic E-state index is 9.42. The molecular formula is C9H14N2O2. The summed E-state index contributed by atoms with van der Waals surface area (Å²) < 4.78 is 4.88. The van der Waals surface area contributed by atoms with Crippen LogP contribution in [0.3, 0.4) is 0 Å². The van der Waals surface area contributed by atoms with Gasteiger partial charge >= 0.3 is 0 Å². The zero-order valence-electron chi connectivity index (χ0n) is 7.52. The van der Waals surface area contributed by atoms with E-state index in [4.69, 9.17) is 4.42 Å². The van der Waals surface area contributed by atoms with Gasteiger partial charge in [-0.25, -0.2) is 4.98 Å². The zero-order valence-corrected chi connectivity index (χ0v) is 7.52. The Morgan fingerprint density at radius 3 is 3.31 bits per heavy atom. The van der Waals surface area contributed by atoms with Gasteiger partial charge in [-0.15, -0.1) is 0 Å². The minimum atomic E-state index is -0.166. The summed E-state index contributed by atoms with van der Waals surface area (Å²) in [5, 5.41) is 9.42. The van der Waals surface area contributed by atoms with Crippen molar-refractivity contribution < 1.29 is 9.52 Å². The summed E-state index contributed by atoms with van der Waals surface area (Å²) in [7, 11) is 0. The normalized spacial score (nSPS) is 24.8. The smallest absolute Gasteiger partial charge is 0.180 e. The monoisotopic (exact) mass is 182 g/mol. The summed E-state index contributed by atoms with van der Waals surface area (Å²) in [4.78, 5) is 6.25. The van der Waals surface area contributed by atoms with E-state index >= 15 is 0 Å². The third kappa shape index (κ3) is 2.29. The number of hydrogen-bond donors (Lipinski definition) is 1. The third-order valence-corrected chi connectivity index (χ3v) is 2.35. The lowest BCUT2D eigenvalue weighted by atomic mass is 10.1. The third-order valence-electron chi connectivity index (χ3n) is 2.35. The molecule has 1 N–H and O–H groups in total. The molecule has 1 unspecified atom stereocenters. The Hall–Kier alpha value is -0.870. The first-order chi connectivity index (χ1) is 6.34. The fourth-order valence-electron chi connectivity index (χ4n) is 1.72. The highest BCUT2D eigenvalue weighted by molar-refractivity contribution is 4.91. The maximum Gasteiger partial charge on any atom is 0.180 e. The Morgan fingerprint density at radius 2 is 2.62 bits per heavy atom. The van der Waals surface area contributed by atoms with Crippen LogP contribution in [0.4, 0.5) is 0 Å². The van der Waals surface area contributed by atoms with Crippen LogP contribution in [0, 0.1) is 0 Å². The van der Waals surface area contributed by atoms with Crippen molar-refractivity contribution in [1.29, 1.82) is 0 Å². The van der Waals surface area contributed by atoms with E-state index < -0.39 is 0 Å². The van der Waals surface area contributed by atoms with E-state index in [9.17, 15) is 5.11 Å². The molecule has 1 atom stereocenters. The van der Waals surface area contributed by atoms with E-state index in [1.165, 1.54) is 6.39 Å². The standard InChI is InChI=1S/C9H14N2O2/c12-9-2-1-3-11(5-9)4-8-6-13-7-10-8/h6-7,9,12H,1-5H2. The molecule has 0 spiro atoms. The molecule has 72 valence electrons. The van der Waals surface area contributed by atoms with E-state index in [0.717, 1.165) is 38.2 Å². The number of aromatic nitrogens is 1. The van der Waals surface area contributed by atoms with Crippen molar-refractivity contribution in [3.05, 3.63) is 18.4 Å². The summed E-state index contributed by atoms with van der Waals surface area (Å²) in [6.45, 7) is 2.59. The summed E-state index contributed by atoms with van der Waals surface area (Å²) >= 11 is 0. The minimum Gasteiger partial charge on any atom is -0.451 e. The van der Waals surface area contributed by atoms with Gasteiger partial charge in [0.2, 0.25) is 0 Å². The number of aliphatic hydroxyl groups is 1. The number of aliphatic hydroxyl groups excluding tert-OH is 1. The second-order valence-corrected chi connectivity index (χ2v) is 3.51. The van der Waals surface area contributed by atoms with Crippen molar-refractivity contribution in [2.45, 2.75) is 25.5 Å². The Kier molecular flexibility index (Phi) is 2.61. The molecule has 0 amide bonds. The summed E-state index contributed by atoms with van der Waals surface area (Å²) in [5.74, 6) is 0. The molecule has 4 heteroatoms. The van der Waals surface area contributed by atoms with E-state index in [-0.39, 0.29) is 6.10 Å². The average molecular weight is 182 g/mol. The van der Waals surface area contributed by atoms with Crippen LogP contribution < -0.4 is 0 Å². The van der Waals surface area contributed by atoms with Crippen LogP contribution in [0.2, 0.25) is 0 Å². The van der Waals surface area contributed by atoms with Gasteiger partial charge in [0.1, 0.15) is 6.26 Å². The second-order valence-electron chi connectivity index (χ2n) is 3.51. The van der Waals surface area contributed by atoms with Crippen molar-refractivity contribution in [2.24, 2.45) is 0 Å². The molecule has 0 aromatic carbocycles. The number of piperidine rings is 1. The predicted molar refractivity (Wildman–Crippen MR) is 47.0 cm³/mol. The number of oxazole rings is 1. The summed E-state index contributed by atoms with van der Waals surface area (Å²) in [6.07, 6.45) is 4.92. The van der Waals surface area contributed by atoms with Crippen molar-refractivity contribution in [3.8, 4) is 0 Å². The van der Waals surface area contributed by atoms with Gasteiger partial charge in [-0.3, -0.25) is 4.90 Å². The lowest BCUT2D eigenvalue weighted by Crippen LogP contribution is -2.37. The van der Waals surface area contributed by atoms with E-state index in [2.05, 4.69) is 9.88 Å². The van der Waals surface area contributed by atoms with Gasteiger partial charge in [0.25, 0.3) is 0 Å². The Labute approximate surface area is 77.2 Å². The lowest BCUT2D eigenvalue weighted by molar-refractivity contribution is 0.0662. The van der Waals surface area contributed by atoms with Crippen LogP contribution in [0.5, 0.6) is 0 Å². The molecule has 1 aliphatic heterocycles. The van der Waals surface area contributed by atoms with Crippen molar-refractivity contribution in [2.75, 3.05) is 13.1 Å². The molecule has 1 aromatic rings. The first-order valence-corrected chi connectivity index (χ1v) is 4.62. The van der Waals surface area contributed by atoms with Crippen molar-refractivity contribution in [1.82, 2.24) is 9.88 Å². The highest BCUT2D eigenvalue weighted by Crippen LogP contribution is 2.12. The Morgan fingerprint density at radius 1 is 1.69 bits per heavy atom. The van der Waals surface area contributed by atoms with E-state index in [1.807, 2.05) is 0 Å². The molecule has 4 nitrogen and oxygen atoms in total. The largest absolute Gasteiger partial charge is 0.451 e. The molecule has 0 saturated carbocycles. The van der Waals surface area contributed by atoms with Crippen LogP contribution in [0.1, 0.15) is 18.5 Å². The molecule has 1 aromatic heterocycles. The molecule has 13 heavy (non-hydrogen) atoms. The van der Waals surface area contributed by atoms with Crippen molar-refractivity contribution >= 4 is 0 Å². The maximum atomic E-state index is 9.42. The van der Waals surface area contributed by atoms with Gasteiger partial charge in [0, 0.05) is 13.1 Å². The molecular weight excluding hydrogens is 168 g/mol. The van der Waals surface area contributed by atoms with Gasteiger partial charge < -0.3 is 9.52 Å². The SMILES string of the molecule is OC1CCCN(Cc2cocn2)C1.